The highest BCUT2D eigenvalue weighted by atomic mass is 15.7. The van der Waals surface area contributed by atoms with Gasteiger partial charge in [-0.25, -0.2) is 5.01 Å². The lowest BCUT2D eigenvalue weighted by Crippen LogP contribution is -2.33. The standard InChI is InChI=1S/C17H15N3/c18-12-13-7-8-16-15(11-13)17(14-5-2-1-3-6-14)20-10-4-9-19(16)20/h1-3,5-8,11,17H,4,9-10H2. The van der Waals surface area contributed by atoms with E-state index in [1.807, 2.05) is 18.2 Å². The molecule has 1 atom stereocenters. The summed E-state index contributed by atoms with van der Waals surface area (Å²) in [6.45, 7) is 2.15. The van der Waals surface area contributed by atoms with Crippen molar-refractivity contribution in [2.45, 2.75) is 12.5 Å². The van der Waals surface area contributed by atoms with E-state index >= 15 is 0 Å². The number of nitriles is 1. The zero-order valence-electron chi connectivity index (χ0n) is 11.2. The van der Waals surface area contributed by atoms with Gasteiger partial charge in [0.2, 0.25) is 0 Å². The van der Waals surface area contributed by atoms with E-state index < -0.39 is 0 Å². The molecule has 2 aromatic carbocycles. The molecule has 20 heavy (non-hydrogen) atoms. The van der Waals surface area contributed by atoms with E-state index in [4.69, 9.17) is 5.26 Å². The second kappa shape index (κ2) is 4.36. The zero-order valence-corrected chi connectivity index (χ0v) is 11.2. The molecule has 1 saturated heterocycles. The maximum Gasteiger partial charge on any atom is 0.0991 e. The van der Waals surface area contributed by atoms with Crippen molar-refractivity contribution in [3.63, 3.8) is 0 Å². The molecule has 2 aliphatic rings. The molecule has 0 spiro atoms. The summed E-state index contributed by atoms with van der Waals surface area (Å²) in [5.74, 6) is 0. The SMILES string of the molecule is N#Cc1ccc2c(c1)C(c1ccccc1)N1CCCN21. The Morgan fingerprint density at radius 3 is 2.70 bits per heavy atom. The van der Waals surface area contributed by atoms with Crippen molar-refractivity contribution in [3.8, 4) is 6.07 Å². The molecule has 0 radical (unpaired) electrons. The number of fused-ring (bicyclic) bond motifs is 3. The highest BCUT2D eigenvalue weighted by molar-refractivity contribution is 5.63. The summed E-state index contributed by atoms with van der Waals surface area (Å²) in [6.07, 6.45) is 1.20. The van der Waals surface area contributed by atoms with E-state index in [9.17, 15) is 0 Å². The Morgan fingerprint density at radius 2 is 1.90 bits per heavy atom. The average Bonchev–Trinajstić information content (AvgIpc) is 3.07. The largest absolute Gasteiger partial charge is 0.305 e. The summed E-state index contributed by atoms with van der Waals surface area (Å²) < 4.78 is 0. The summed E-state index contributed by atoms with van der Waals surface area (Å²) in [5, 5.41) is 14.0. The molecule has 1 unspecified atom stereocenters. The average molecular weight is 261 g/mol. The lowest BCUT2D eigenvalue weighted by Gasteiger charge is -2.26. The van der Waals surface area contributed by atoms with Gasteiger partial charge in [-0.3, -0.25) is 0 Å². The Hall–Kier alpha value is -2.31. The summed E-state index contributed by atoms with van der Waals surface area (Å²) in [6, 6.07) is 19.1. The Bertz CT molecular complexity index is 687. The topological polar surface area (TPSA) is 30.3 Å². The summed E-state index contributed by atoms with van der Waals surface area (Å²) >= 11 is 0. The molecule has 3 nitrogen and oxygen atoms in total. The van der Waals surface area contributed by atoms with Crippen LogP contribution in [0.15, 0.2) is 48.5 Å². The number of anilines is 1. The molecule has 4 rings (SSSR count). The Balaban J connectivity index is 1.89. The molecule has 2 aromatic rings. The van der Waals surface area contributed by atoms with Gasteiger partial charge in [0.05, 0.1) is 23.4 Å². The molecule has 0 amide bonds. The first kappa shape index (κ1) is 11.5. The van der Waals surface area contributed by atoms with Crippen molar-refractivity contribution in [3.05, 3.63) is 65.2 Å². The van der Waals surface area contributed by atoms with Crippen LogP contribution in [0.3, 0.4) is 0 Å². The number of benzene rings is 2. The third-order valence-electron chi connectivity index (χ3n) is 4.21. The predicted molar refractivity (Wildman–Crippen MR) is 78.1 cm³/mol. The Labute approximate surface area is 118 Å². The van der Waals surface area contributed by atoms with Crippen LogP contribution < -0.4 is 5.01 Å². The first-order valence-corrected chi connectivity index (χ1v) is 7.01. The summed E-state index contributed by atoms with van der Waals surface area (Å²) in [7, 11) is 0. The quantitative estimate of drug-likeness (QED) is 0.790. The maximum atomic E-state index is 9.15. The van der Waals surface area contributed by atoms with Gasteiger partial charge in [-0.15, -0.1) is 0 Å². The molecule has 2 aliphatic heterocycles. The maximum absolute atomic E-state index is 9.15. The second-order valence-electron chi connectivity index (χ2n) is 5.34. The molecule has 0 saturated carbocycles. The molecule has 3 heteroatoms. The number of nitrogens with zero attached hydrogens (tertiary/aromatic N) is 3. The first-order valence-electron chi connectivity index (χ1n) is 7.01. The summed E-state index contributed by atoms with van der Waals surface area (Å²) in [5.41, 5.74) is 4.56. The fraction of sp³-hybridized carbons (Fsp3) is 0.235. The van der Waals surface area contributed by atoms with Gasteiger partial charge in [0, 0.05) is 18.7 Å². The molecule has 2 heterocycles. The van der Waals surface area contributed by atoms with Crippen molar-refractivity contribution in [2.75, 3.05) is 18.1 Å². The molecule has 1 fully saturated rings. The van der Waals surface area contributed by atoms with Crippen molar-refractivity contribution in [1.29, 1.82) is 5.26 Å². The van der Waals surface area contributed by atoms with Gasteiger partial charge in [-0.1, -0.05) is 30.3 Å². The molecule has 98 valence electrons. The normalized spacial score (nSPS) is 20.6. The highest BCUT2D eigenvalue weighted by Crippen LogP contribution is 2.45. The lowest BCUT2D eigenvalue weighted by molar-refractivity contribution is 0.283. The molecule has 0 aliphatic carbocycles. The minimum atomic E-state index is 0.252. The van der Waals surface area contributed by atoms with E-state index in [0.717, 1.165) is 18.7 Å². The second-order valence-corrected chi connectivity index (χ2v) is 5.34. The number of hydrogen-bond acceptors (Lipinski definition) is 3. The van der Waals surface area contributed by atoms with E-state index in [2.05, 4.69) is 46.4 Å². The van der Waals surface area contributed by atoms with E-state index in [1.54, 1.807) is 0 Å². The van der Waals surface area contributed by atoms with E-state index in [1.165, 1.54) is 23.2 Å². The molecule has 0 N–H and O–H groups in total. The minimum absolute atomic E-state index is 0.252. The van der Waals surface area contributed by atoms with Gasteiger partial charge in [0.25, 0.3) is 0 Å². The summed E-state index contributed by atoms with van der Waals surface area (Å²) in [4.78, 5) is 0. The van der Waals surface area contributed by atoms with Crippen molar-refractivity contribution < 1.29 is 0 Å². The van der Waals surface area contributed by atoms with Crippen molar-refractivity contribution in [1.82, 2.24) is 5.01 Å². The Morgan fingerprint density at radius 1 is 1.05 bits per heavy atom. The van der Waals surface area contributed by atoms with Crippen LogP contribution in [0.1, 0.15) is 29.2 Å². The van der Waals surface area contributed by atoms with Gasteiger partial charge >= 0.3 is 0 Å². The third kappa shape index (κ3) is 1.55. The van der Waals surface area contributed by atoms with Crippen molar-refractivity contribution >= 4 is 5.69 Å². The molecular weight excluding hydrogens is 246 g/mol. The molecule has 0 bridgehead atoms. The third-order valence-corrected chi connectivity index (χ3v) is 4.21. The first-order chi connectivity index (χ1) is 9.88. The van der Waals surface area contributed by atoms with E-state index in [0.29, 0.717) is 0 Å². The van der Waals surface area contributed by atoms with Crippen LogP contribution in [-0.2, 0) is 0 Å². The monoisotopic (exact) mass is 261 g/mol. The predicted octanol–water partition coefficient (Wildman–Crippen LogP) is 3.09. The zero-order chi connectivity index (χ0) is 13.5. The van der Waals surface area contributed by atoms with Crippen LogP contribution in [0.5, 0.6) is 0 Å². The number of hydrazine groups is 1. The Kier molecular flexibility index (Phi) is 2.51. The molecular formula is C17H15N3. The fourth-order valence-corrected chi connectivity index (χ4v) is 3.38. The lowest BCUT2D eigenvalue weighted by atomic mass is 9.96. The van der Waals surface area contributed by atoms with Gasteiger partial charge in [0.1, 0.15) is 0 Å². The van der Waals surface area contributed by atoms with E-state index in [-0.39, 0.29) is 6.04 Å². The highest BCUT2D eigenvalue weighted by Gasteiger charge is 2.39. The van der Waals surface area contributed by atoms with Gasteiger partial charge in [-0.05, 0) is 30.2 Å². The van der Waals surface area contributed by atoms with Crippen LogP contribution in [0.2, 0.25) is 0 Å². The van der Waals surface area contributed by atoms with Crippen LogP contribution in [0.25, 0.3) is 0 Å². The van der Waals surface area contributed by atoms with Crippen LogP contribution >= 0.6 is 0 Å². The van der Waals surface area contributed by atoms with Gasteiger partial charge in [-0.2, -0.15) is 5.26 Å². The van der Waals surface area contributed by atoms with Crippen molar-refractivity contribution in [2.24, 2.45) is 0 Å². The van der Waals surface area contributed by atoms with Gasteiger partial charge < -0.3 is 5.01 Å². The number of rotatable bonds is 1. The minimum Gasteiger partial charge on any atom is -0.305 e. The van der Waals surface area contributed by atoms with Crippen LogP contribution in [0.4, 0.5) is 5.69 Å². The van der Waals surface area contributed by atoms with Crippen LogP contribution in [-0.4, -0.2) is 18.1 Å². The van der Waals surface area contributed by atoms with Gasteiger partial charge in [0.15, 0.2) is 0 Å². The smallest absolute Gasteiger partial charge is 0.0991 e. The number of hydrogen-bond donors (Lipinski definition) is 0. The fourth-order valence-electron chi connectivity index (χ4n) is 3.38. The molecule has 0 aromatic heterocycles. The van der Waals surface area contributed by atoms with Crippen LogP contribution in [0, 0.1) is 11.3 Å².